The van der Waals surface area contributed by atoms with E-state index in [0.29, 0.717) is 65.3 Å². The summed E-state index contributed by atoms with van der Waals surface area (Å²) in [6.45, 7) is 8.97. The van der Waals surface area contributed by atoms with Crippen LogP contribution >= 0.6 is 11.3 Å². The van der Waals surface area contributed by atoms with Crippen LogP contribution in [0.4, 0.5) is 5.13 Å². The van der Waals surface area contributed by atoms with E-state index in [0.717, 1.165) is 16.0 Å². The highest BCUT2D eigenvalue weighted by atomic mass is 32.1. The van der Waals surface area contributed by atoms with Crippen LogP contribution in [0.1, 0.15) is 50.4 Å². The lowest BCUT2D eigenvalue weighted by atomic mass is 9.94. The Morgan fingerprint density at radius 2 is 1.74 bits per heavy atom. The van der Waals surface area contributed by atoms with Gasteiger partial charge in [0.15, 0.2) is 16.6 Å². The zero-order chi connectivity index (χ0) is 30.2. The highest BCUT2D eigenvalue weighted by molar-refractivity contribution is 7.22. The van der Waals surface area contributed by atoms with Crippen molar-refractivity contribution in [2.24, 2.45) is 0 Å². The predicted octanol–water partition coefficient (Wildman–Crippen LogP) is 6.44. The highest BCUT2D eigenvalue weighted by Crippen LogP contribution is 2.46. The van der Waals surface area contributed by atoms with Gasteiger partial charge in [-0.15, -0.1) is 0 Å². The molecule has 9 nitrogen and oxygen atoms in total. The Morgan fingerprint density at radius 3 is 2.51 bits per heavy atom. The van der Waals surface area contributed by atoms with E-state index in [4.69, 9.17) is 23.9 Å². The Kier molecular flexibility index (Phi) is 7.70. The molecule has 2 aliphatic rings. The maximum absolute atomic E-state index is 13.8. The van der Waals surface area contributed by atoms with Crippen molar-refractivity contribution in [2.75, 3.05) is 24.7 Å². The van der Waals surface area contributed by atoms with Crippen LogP contribution in [0.3, 0.4) is 0 Å². The molecule has 222 valence electrons. The van der Waals surface area contributed by atoms with Gasteiger partial charge in [-0.05, 0) is 87.4 Å². The number of hydrogen-bond acceptors (Lipinski definition) is 9. The van der Waals surface area contributed by atoms with Crippen LogP contribution in [-0.2, 0) is 16.0 Å². The van der Waals surface area contributed by atoms with Gasteiger partial charge in [-0.1, -0.05) is 17.4 Å². The second-order valence-electron chi connectivity index (χ2n) is 10.3. The summed E-state index contributed by atoms with van der Waals surface area (Å²) in [7, 11) is 0. The monoisotopic (exact) mass is 600 g/mol. The van der Waals surface area contributed by atoms with Crippen molar-refractivity contribution in [3.63, 3.8) is 0 Å². The zero-order valence-electron chi connectivity index (χ0n) is 24.4. The first-order valence-electron chi connectivity index (χ1n) is 14.4. The number of carbonyl (C=O) groups is 2. The quantitative estimate of drug-likeness (QED) is 0.133. The summed E-state index contributed by atoms with van der Waals surface area (Å²) in [5.74, 6) is 0.610. The Morgan fingerprint density at radius 1 is 0.977 bits per heavy atom. The summed E-state index contributed by atoms with van der Waals surface area (Å²) >= 11 is 1.28. The number of nitrogens with zero attached hydrogens (tertiary/aromatic N) is 2. The summed E-state index contributed by atoms with van der Waals surface area (Å²) in [5, 5.41) is 12.0. The molecule has 0 spiro atoms. The van der Waals surface area contributed by atoms with E-state index in [1.807, 2.05) is 52.0 Å². The maximum Gasteiger partial charge on any atom is 0.301 e. The minimum absolute atomic E-state index is 0.0149. The molecule has 10 heteroatoms. The van der Waals surface area contributed by atoms with E-state index in [-0.39, 0.29) is 17.4 Å². The van der Waals surface area contributed by atoms with Crippen LogP contribution < -0.4 is 23.8 Å². The largest absolute Gasteiger partial charge is 0.507 e. The van der Waals surface area contributed by atoms with Crippen molar-refractivity contribution < 1.29 is 33.6 Å². The lowest BCUT2D eigenvalue weighted by Gasteiger charge is -2.24. The lowest BCUT2D eigenvalue weighted by molar-refractivity contribution is -0.132. The average Bonchev–Trinajstić information content (AvgIpc) is 3.66. The number of fused-ring (bicyclic) bond motifs is 2. The summed E-state index contributed by atoms with van der Waals surface area (Å²) in [5.41, 5.74) is 2.57. The molecule has 0 unspecified atom stereocenters. The van der Waals surface area contributed by atoms with Crippen LogP contribution in [0.25, 0.3) is 16.0 Å². The van der Waals surface area contributed by atoms with Crippen molar-refractivity contribution in [2.45, 2.75) is 46.3 Å². The highest BCUT2D eigenvalue weighted by Gasteiger charge is 2.48. The molecule has 0 aliphatic carbocycles. The van der Waals surface area contributed by atoms with Crippen molar-refractivity contribution in [3.05, 3.63) is 76.9 Å². The number of benzene rings is 3. The number of aromatic nitrogens is 1. The Balaban J connectivity index is 1.53. The van der Waals surface area contributed by atoms with Crippen LogP contribution in [0.15, 0.2) is 60.2 Å². The normalized spacial score (nSPS) is 19.0. The van der Waals surface area contributed by atoms with Crippen LogP contribution in [0.5, 0.6) is 23.0 Å². The molecule has 2 atom stereocenters. The first-order valence-corrected chi connectivity index (χ1v) is 15.2. The van der Waals surface area contributed by atoms with Gasteiger partial charge in [0.1, 0.15) is 23.4 Å². The van der Waals surface area contributed by atoms with Gasteiger partial charge in [-0.2, -0.15) is 0 Å². The van der Waals surface area contributed by atoms with Crippen LogP contribution in [-0.4, -0.2) is 47.7 Å². The number of hydrogen-bond donors (Lipinski definition) is 1. The van der Waals surface area contributed by atoms with Crippen molar-refractivity contribution >= 4 is 44.1 Å². The maximum atomic E-state index is 13.8. The van der Waals surface area contributed by atoms with Gasteiger partial charge in [-0.3, -0.25) is 14.5 Å². The molecular weight excluding hydrogens is 568 g/mol. The van der Waals surface area contributed by atoms with Crippen molar-refractivity contribution in [1.82, 2.24) is 4.98 Å². The number of anilines is 1. The number of ketones is 1. The summed E-state index contributed by atoms with van der Waals surface area (Å²) in [6.07, 6.45) is 0.696. The number of ether oxygens (including phenoxy) is 4. The van der Waals surface area contributed by atoms with E-state index in [2.05, 4.69) is 0 Å². The van der Waals surface area contributed by atoms with Gasteiger partial charge in [0.2, 0.25) is 0 Å². The molecule has 0 radical (unpaired) electrons. The first kappa shape index (κ1) is 28.5. The number of aliphatic hydroxyl groups excluding tert-OH is 1. The second-order valence-corrected chi connectivity index (χ2v) is 11.3. The van der Waals surface area contributed by atoms with E-state index >= 15 is 0 Å². The van der Waals surface area contributed by atoms with E-state index in [9.17, 15) is 14.7 Å². The third-order valence-corrected chi connectivity index (χ3v) is 8.38. The molecule has 1 amide bonds. The van der Waals surface area contributed by atoms with Crippen molar-refractivity contribution in [3.8, 4) is 23.0 Å². The minimum Gasteiger partial charge on any atom is -0.507 e. The Bertz CT molecular complexity index is 1760. The minimum atomic E-state index is -0.967. The molecule has 6 rings (SSSR count). The molecule has 3 aromatic carbocycles. The lowest BCUT2D eigenvalue weighted by Crippen LogP contribution is -2.29. The average molecular weight is 601 g/mol. The number of Topliss-reactive ketones (excluding diaryl/α,β-unsaturated/α-hetero) is 1. The topological polar surface area (TPSA) is 107 Å². The predicted molar refractivity (Wildman–Crippen MR) is 165 cm³/mol. The van der Waals surface area contributed by atoms with Gasteiger partial charge in [0.25, 0.3) is 5.78 Å². The van der Waals surface area contributed by atoms with Gasteiger partial charge >= 0.3 is 5.91 Å². The van der Waals surface area contributed by atoms with Crippen molar-refractivity contribution in [1.29, 1.82) is 0 Å². The van der Waals surface area contributed by atoms with Crippen LogP contribution in [0, 0.1) is 0 Å². The molecule has 4 aromatic rings. The molecule has 1 N–H and O–H groups in total. The molecular formula is C33H32N2O7S. The van der Waals surface area contributed by atoms with E-state index in [1.165, 1.54) is 16.2 Å². The second kappa shape index (κ2) is 11.6. The van der Waals surface area contributed by atoms with E-state index in [1.54, 1.807) is 30.3 Å². The fourth-order valence-electron chi connectivity index (χ4n) is 5.56. The number of amides is 1. The van der Waals surface area contributed by atoms with Crippen LogP contribution in [0.2, 0.25) is 0 Å². The summed E-state index contributed by atoms with van der Waals surface area (Å²) in [4.78, 5) is 33.7. The molecule has 0 bridgehead atoms. The third kappa shape index (κ3) is 5.16. The third-order valence-electron chi connectivity index (χ3n) is 7.36. The van der Waals surface area contributed by atoms with Gasteiger partial charge in [0, 0.05) is 12.0 Å². The first-order chi connectivity index (χ1) is 20.8. The molecule has 43 heavy (non-hydrogen) atoms. The van der Waals surface area contributed by atoms with Gasteiger partial charge in [0.05, 0.1) is 41.7 Å². The summed E-state index contributed by atoms with van der Waals surface area (Å²) < 4.78 is 23.9. The molecule has 0 saturated carbocycles. The molecule has 1 aromatic heterocycles. The molecule has 1 fully saturated rings. The van der Waals surface area contributed by atoms with Gasteiger partial charge < -0.3 is 24.1 Å². The zero-order valence-corrected chi connectivity index (χ0v) is 25.2. The molecule has 1 saturated heterocycles. The smallest absolute Gasteiger partial charge is 0.301 e. The fraction of sp³-hybridized carbons (Fsp3) is 0.303. The number of thiazole rings is 1. The molecule has 3 heterocycles. The number of aliphatic hydroxyl groups is 1. The summed E-state index contributed by atoms with van der Waals surface area (Å²) in [6, 6.07) is 15.1. The fourth-order valence-corrected chi connectivity index (χ4v) is 6.58. The standard InChI is InChI=1S/C33H32N2O7S/c1-5-39-22-10-11-23-27(17-22)43-33(34-23)35-29(19-8-13-25(40-6-2)26(16-19)41-7-3)28(31(37)32(35)38)30(36)20-9-12-24-21(15-20)14-18(4)42-24/h8-13,15-18,29,36H,5-7,14H2,1-4H3/t18-,29-/m0/s1. The van der Waals surface area contributed by atoms with E-state index < -0.39 is 17.7 Å². The SMILES string of the molecule is CCOc1ccc2nc(N3C(=O)C(=O)C(=C(O)c4ccc5c(c4)C[C@H](C)O5)[C@@H]3c3ccc(OCC)c(OCC)c3)sc2c1. The number of rotatable bonds is 9. The number of carbonyl (C=O) groups excluding carboxylic acids is 2. The molecule has 2 aliphatic heterocycles. The van der Waals surface area contributed by atoms with Gasteiger partial charge in [-0.25, -0.2) is 4.98 Å². The Labute approximate surface area is 253 Å². The Hall–Kier alpha value is -4.57.